The van der Waals surface area contributed by atoms with Crippen molar-refractivity contribution >= 4 is 43.6 Å². The molecule has 5 nitrogen and oxygen atoms in total. The zero-order valence-electron chi connectivity index (χ0n) is 26.7. The molecule has 230 valence electrons. The summed E-state index contributed by atoms with van der Waals surface area (Å²) < 4.78 is 4.44. The van der Waals surface area contributed by atoms with Gasteiger partial charge in [0.1, 0.15) is 6.07 Å². The Morgan fingerprint density at radius 2 is 1.04 bits per heavy atom. The van der Waals surface area contributed by atoms with Gasteiger partial charge in [-0.2, -0.15) is 15.8 Å². The average molecular weight is 636 g/mol. The van der Waals surface area contributed by atoms with Gasteiger partial charge in [-0.15, -0.1) is 0 Å². The SMILES string of the molecule is N#Cc1ccc2c(c1)c1ccccc1n2-c1cccc(-c2c(C#N)ccc(-c3ccccc3-n3c4ccccc4c4ccccc43)c2C#N)c1. The van der Waals surface area contributed by atoms with E-state index in [1.165, 1.54) is 0 Å². The Morgan fingerprint density at radius 1 is 0.420 bits per heavy atom. The van der Waals surface area contributed by atoms with Crippen LogP contribution in [0, 0.1) is 34.0 Å². The number of fused-ring (bicyclic) bond motifs is 6. The van der Waals surface area contributed by atoms with Crippen LogP contribution < -0.4 is 0 Å². The molecule has 2 aromatic heterocycles. The molecule has 0 radical (unpaired) electrons. The molecule has 0 N–H and O–H groups in total. The Kier molecular flexibility index (Phi) is 6.56. The minimum absolute atomic E-state index is 0.428. The third kappa shape index (κ3) is 4.24. The molecular formula is C45H25N5. The lowest BCUT2D eigenvalue weighted by molar-refractivity contribution is 1.18. The first-order chi connectivity index (χ1) is 24.7. The molecular weight excluding hydrogens is 611 g/mol. The van der Waals surface area contributed by atoms with Crippen molar-refractivity contribution in [1.82, 2.24) is 9.13 Å². The first-order valence-electron chi connectivity index (χ1n) is 16.3. The maximum Gasteiger partial charge on any atom is 0.100 e. The summed E-state index contributed by atoms with van der Waals surface area (Å²) in [6, 6.07) is 57.7. The van der Waals surface area contributed by atoms with Crippen LogP contribution >= 0.6 is 0 Å². The fourth-order valence-corrected chi connectivity index (χ4v) is 7.54. The number of rotatable bonds is 4. The molecule has 0 aliphatic rings. The second-order valence-electron chi connectivity index (χ2n) is 12.3. The van der Waals surface area contributed by atoms with Gasteiger partial charge >= 0.3 is 0 Å². The summed E-state index contributed by atoms with van der Waals surface area (Å²) in [5.74, 6) is 0. The first-order valence-corrected chi connectivity index (χ1v) is 16.3. The smallest absolute Gasteiger partial charge is 0.100 e. The lowest BCUT2D eigenvalue weighted by atomic mass is 9.88. The van der Waals surface area contributed by atoms with Gasteiger partial charge in [-0.1, -0.05) is 91.0 Å². The minimum atomic E-state index is 0.428. The van der Waals surface area contributed by atoms with Crippen LogP contribution in [0.15, 0.2) is 152 Å². The fourth-order valence-electron chi connectivity index (χ4n) is 7.54. The van der Waals surface area contributed by atoms with Gasteiger partial charge in [-0.3, -0.25) is 0 Å². The van der Waals surface area contributed by atoms with Gasteiger partial charge in [-0.05, 0) is 66.2 Å². The summed E-state index contributed by atoms with van der Waals surface area (Å²) in [6.07, 6.45) is 0. The Bertz CT molecular complexity index is 2920. The number of hydrogen-bond acceptors (Lipinski definition) is 3. The molecule has 5 heteroatoms. The van der Waals surface area contributed by atoms with Gasteiger partial charge < -0.3 is 9.13 Å². The Balaban J connectivity index is 1.28. The molecule has 9 aromatic rings. The number of aromatic nitrogens is 2. The molecule has 2 heterocycles. The van der Waals surface area contributed by atoms with E-state index in [1.54, 1.807) is 0 Å². The van der Waals surface area contributed by atoms with E-state index in [1.807, 2.05) is 91.0 Å². The van der Waals surface area contributed by atoms with Crippen LogP contribution in [0.1, 0.15) is 16.7 Å². The van der Waals surface area contributed by atoms with E-state index < -0.39 is 0 Å². The van der Waals surface area contributed by atoms with E-state index in [4.69, 9.17) is 0 Å². The van der Waals surface area contributed by atoms with Crippen LogP contribution in [0.2, 0.25) is 0 Å². The number of benzene rings is 7. The highest BCUT2D eigenvalue weighted by atomic mass is 15.0. The molecule has 0 fully saturated rings. The summed E-state index contributed by atoms with van der Waals surface area (Å²) in [7, 11) is 0. The lowest BCUT2D eigenvalue weighted by Gasteiger charge is -2.18. The molecule has 0 unspecified atom stereocenters. The van der Waals surface area contributed by atoms with E-state index in [9.17, 15) is 15.8 Å². The lowest BCUT2D eigenvalue weighted by Crippen LogP contribution is -2.00. The predicted octanol–water partition coefficient (Wildman–Crippen LogP) is 10.8. The summed E-state index contributed by atoms with van der Waals surface area (Å²) >= 11 is 0. The Hall–Kier alpha value is -7.39. The topological polar surface area (TPSA) is 81.2 Å². The molecule has 0 bridgehead atoms. The zero-order chi connectivity index (χ0) is 33.8. The largest absolute Gasteiger partial charge is 0.309 e. The average Bonchev–Trinajstić information content (AvgIpc) is 3.70. The second-order valence-corrected chi connectivity index (χ2v) is 12.3. The fraction of sp³-hybridized carbons (Fsp3) is 0. The quantitative estimate of drug-likeness (QED) is 0.193. The highest BCUT2D eigenvalue weighted by Crippen LogP contribution is 2.41. The minimum Gasteiger partial charge on any atom is -0.309 e. The third-order valence-corrected chi connectivity index (χ3v) is 9.65. The van der Waals surface area contributed by atoms with Crippen LogP contribution in [0.5, 0.6) is 0 Å². The number of nitrogens with zero attached hydrogens (tertiary/aromatic N) is 5. The summed E-state index contributed by atoms with van der Waals surface area (Å²) in [5, 5.41) is 35.2. The van der Waals surface area contributed by atoms with E-state index in [0.717, 1.165) is 71.7 Å². The van der Waals surface area contributed by atoms with Crippen molar-refractivity contribution in [3.63, 3.8) is 0 Å². The van der Waals surface area contributed by atoms with Gasteiger partial charge in [0.2, 0.25) is 0 Å². The molecule has 0 saturated carbocycles. The van der Waals surface area contributed by atoms with Crippen molar-refractivity contribution in [2.24, 2.45) is 0 Å². The standard InChI is InChI=1S/C45H25N5/c46-26-29-20-23-44-38(24-29)37-15-4-5-16-40(37)49(44)32-11-9-10-30(25-32)45-31(27-47)21-22-33(39(45)28-48)34-12-1-6-17-41(34)50-42-18-7-2-13-35(42)36-14-3-8-19-43(36)50/h1-25H. The van der Waals surface area contributed by atoms with Crippen molar-refractivity contribution in [1.29, 1.82) is 15.8 Å². The van der Waals surface area contributed by atoms with Crippen LogP contribution in [0.25, 0.3) is 77.2 Å². The van der Waals surface area contributed by atoms with E-state index in [0.29, 0.717) is 22.3 Å². The molecule has 0 spiro atoms. The normalized spacial score (nSPS) is 11.1. The van der Waals surface area contributed by atoms with Crippen molar-refractivity contribution in [2.75, 3.05) is 0 Å². The van der Waals surface area contributed by atoms with Gasteiger partial charge in [0.15, 0.2) is 0 Å². The van der Waals surface area contributed by atoms with E-state index >= 15 is 0 Å². The molecule has 0 aliphatic heterocycles. The maximum atomic E-state index is 10.9. The number of para-hydroxylation sites is 4. The highest BCUT2D eigenvalue weighted by Gasteiger charge is 2.22. The van der Waals surface area contributed by atoms with Gasteiger partial charge in [-0.25, -0.2) is 0 Å². The Labute approximate surface area is 287 Å². The molecule has 0 aliphatic carbocycles. The molecule has 0 atom stereocenters. The molecule has 7 aromatic carbocycles. The van der Waals surface area contributed by atoms with E-state index in [2.05, 4.69) is 88.0 Å². The third-order valence-electron chi connectivity index (χ3n) is 9.65. The van der Waals surface area contributed by atoms with Crippen molar-refractivity contribution in [3.8, 4) is 51.8 Å². The van der Waals surface area contributed by atoms with Gasteiger partial charge in [0.05, 0.1) is 56.6 Å². The number of nitriles is 3. The number of hydrogen-bond donors (Lipinski definition) is 0. The monoisotopic (exact) mass is 635 g/mol. The maximum absolute atomic E-state index is 10.9. The molecule has 0 saturated heterocycles. The first kappa shape index (κ1) is 28.8. The summed E-state index contributed by atoms with van der Waals surface area (Å²) in [5.41, 5.74) is 10.5. The van der Waals surface area contributed by atoms with Gasteiger partial charge in [0.25, 0.3) is 0 Å². The van der Waals surface area contributed by atoms with Crippen molar-refractivity contribution in [2.45, 2.75) is 0 Å². The Morgan fingerprint density at radius 3 is 1.72 bits per heavy atom. The zero-order valence-corrected chi connectivity index (χ0v) is 26.7. The van der Waals surface area contributed by atoms with Crippen LogP contribution in [-0.2, 0) is 0 Å². The summed E-state index contributed by atoms with van der Waals surface area (Å²) in [6.45, 7) is 0. The van der Waals surface area contributed by atoms with Crippen molar-refractivity contribution in [3.05, 3.63) is 168 Å². The van der Waals surface area contributed by atoms with Crippen LogP contribution in [-0.4, -0.2) is 9.13 Å². The van der Waals surface area contributed by atoms with Crippen molar-refractivity contribution < 1.29 is 0 Å². The highest BCUT2D eigenvalue weighted by molar-refractivity contribution is 6.11. The van der Waals surface area contributed by atoms with Crippen LogP contribution in [0.4, 0.5) is 0 Å². The van der Waals surface area contributed by atoms with Crippen LogP contribution in [0.3, 0.4) is 0 Å². The molecule has 0 amide bonds. The van der Waals surface area contributed by atoms with Gasteiger partial charge in [0, 0.05) is 43.9 Å². The summed E-state index contributed by atoms with van der Waals surface area (Å²) in [4.78, 5) is 0. The second kappa shape index (κ2) is 11.4. The molecule has 9 rings (SSSR count). The predicted molar refractivity (Wildman–Crippen MR) is 200 cm³/mol. The molecule has 50 heavy (non-hydrogen) atoms. The van der Waals surface area contributed by atoms with E-state index in [-0.39, 0.29) is 0 Å².